The number of rotatable bonds is 6. The van der Waals surface area contributed by atoms with Crippen molar-refractivity contribution < 1.29 is 16.8 Å². The summed E-state index contributed by atoms with van der Waals surface area (Å²) in [6.45, 7) is 0. The molecule has 3 aromatic rings. The minimum Gasteiger partial charge on any atom is -0.206 e. The topological polar surface area (TPSA) is 71.5 Å². The summed E-state index contributed by atoms with van der Waals surface area (Å²) in [4.78, 5) is -0.0502. The molecule has 3 aromatic carbocycles. The van der Waals surface area contributed by atoms with Crippen LogP contribution in [0.2, 0.25) is 0 Å². The van der Waals surface area contributed by atoms with Crippen molar-refractivity contribution in [3.05, 3.63) is 96.6 Å². The summed E-state index contributed by atoms with van der Waals surface area (Å²) in [5, 5.41) is -0.568. The second-order valence-electron chi connectivity index (χ2n) is 7.00. The van der Waals surface area contributed by atoms with Crippen LogP contribution in [0.15, 0.2) is 101 Å². The van der Waals surface area contributed by atoms with E-state index in [1.54, 1.807) is 36.4 Å². The van der Waals surface area contributed by atoms with Crippen LogP contribution in [0.1, 0.15) is 23.7 Å². The van der Waals surface area contributed by atoms with Crippen molar-refractivity contribution in [1.82, 2.24) is 3.71 Å². The minimum absolute atomic E-state index is 0.0251. The molecule has 1 heterocycles. The van der Waals surface area contributed by atoms with Gasteiger partial charge in [0.2, 0.25) is 0 Å². The second-order valence-corrected chi connectivity index (χ2v) is 12.4. The van der Waals surface area contributed by atoms with Crippen LogP contribution in [0.25, 0.3) is 0 Å². The molecule has 1 aliphatic heterocycles. The average molecular weight is 461 g/mol. The predicted molar refractivity (Wildman–Crippen MR) is 120 cm³/mol. The van der Waals surface area contributed by atoms with Crippen molar-refractivity contribution >= 4 is 31.8 Å². The van der Waals surface area contributed by atoms with Crippen LogP contribution in [-0.2, 0) is 31.8 Å². The maximum atomic E-state index is 13.5. The number of nitrogens with zero attached hydrogens (tertiary/aromatic N) is 1. The van der Waals surface area contributed by atoms with E-state index in [0.717, 1.165) is 27.5 Å². The van der Waals surface area contributed by atoms with E-state index in [0.29, 0.717) is 6.42 Å². The number of hydrogen-bond donors (Lipinski definition) is 0. The maximum absolute atomic E-state index is 13.5. The summed E-state index contributed by atoms with van der Waals surface area (Å²) >= 11 is 0.768. The molecule has 0 aromatic heterocycles. The molecule has 1 fully saturated rings. The number of hydrogen-bond acceptors (Lipinski definition) is 4. The molecule has 4 rings (SSSR count). The third kappa shape index (κ3) is 4.05. The number of benzene rings is 3. The maximum Gasteiger partial charge on any atom is 0.260 e. The van der Waals surface area contributed by atoms with Gasteiger partial charge in [0.25, 0.3) is 20.0 Å². The van der Waals surface area contributed by atoms with Gasteiger partial charge >= 0.3 is 0 Å². The first kappa shape index (κ1) is 21.1. The highest BCUT2D eigenvalue weighted by molar-refractivity contribution is 8.04. The summed E-state index contributed by atoms with van der Waals surface area (Å²) in [6.07, 6.45) is 1.20. The molecule has 0 spiro atoms. The molecule has 8 heteroatoms. The normalized spacial score (nSPS) is 19.8. The van der Waals surface area contributed by atoms with Gasteiger partial charge in [-0.05, 0) is 28.0 Å². The lowest BCUT2D eigenvalue weighted by atomic mass is 10.1. The summed E-state index contributed by atoms with van der Waals surface area (Å²) in [6, 6.07) is 25.3. The lowest BCUT2D eigenvalue weighted by Crippen LogP contribution is -2.44. The van der Waals surface area contributed by atoms with Gasteiger partial charge in [-0.3, -0.25) is 0 Å². The van der Waals surface area contributed by atoms with Gasteiger partial charge in [0.15, 0.2) is 5.37 Å². The lowest BCUT2D eigenvalue weighted by molar-refractivity contribution is 0.476. The molecule has 1 aliphatic rings. The molecule has 0 bridgehead atoms. The first-order valence-electron chi connectivity index (χ1n) is 9.55. The summed E-state index contributed by atoms with van der Waals surface area (Å²) in [7, 11) is -8.52. The highest BCUT2D eigenvalue weighted by Gasteiger charge is 2.50. The fourth-order valence-electron chi connectivity index (χ4n) is 3.59. The molecule has 0 aliphatic carbocycles. The molecule has 0 radical (unpaired) electrons. The van der Waals surface area contributed by atoms with E-state index >= 15 is 0 Å². The van der Waals surface area contributed by atoms with Gasteiger partial charge in [0.1, 0.15) is 5.25 Å². The van der Waals surface area contributed by atoms with E-state index in [-0.39, 0.29) is 15.0 Å². The Hall–Kier alpha value is -2.13. The molecule has 30 heavy (non-hydrogen) atoms. The van der Waals surface area contributed by atoms with Crippen LogP contribution in [-0.4, -0.2) is 25.9 Å². The van der Waals surface area contributed by atoms with Crippen LogP contribution in [0.4, 0.5) is 0 Å². The summed E-state index contributed by atoms with van der Waals surface area (Å²) in [5.41, 5.74) is 1.09. The largest absolute Gasteiger partial charge is 0.260 e. The first-order valence-corrected chi connectivity index (χ1v) is 13.5. The zero-order valence-electron chi connectivity index (χ0n) is 16.1. The van der Waals surface area contributed by atoms with Crippen molar-refractivity contribution in [3.8, 4) is 0 Å². The molecule has 0 N–H and O–H groups in total. The highest BCUT2D eigenvalue weighted by atomic mass is 32.3. The Morgan fingerprint density at radius 3 is 1.53 bits per heavy atom. The SMILES string of the molecule is O=S(=O)(c1ccccc1)N(C1CCC(c2ccccc2)[SH+]1)S(=O)(=O)c1ccccc1. The van der Waals surface area contributed by atoms with Crippen molar-refractivity contribution in [3.63, 3.8) is 0 Å². The van der Waals surface area contributed by atoms with Crippen LogP contribution < -0.4 is 0 Å². The predicted octanol–water partition coefficient (Wildman–Crippen LogP) is 3.74. The van der Waals surface area contributed by atoms with Crippen molar-refractivity contribution in [2.45, 2.75) is 33.3 Å². The smallest absolute Gasteiger partial charge is 0.206 e. The monoisotopic (exact) mass is 460 g/mol. The van der Waals surface area contributed by atoms with Gasteiger partial charge < -0.3 is 0 Å². The Bertz CT molecular complexity index is 1130. The van der Waals surface area contributed by atoms with Crippen LogP contribution >= 0.6 is 0 Å². The molecule has 5 nitrogen and oxygen atoms in total. The Kier molecular flexibility index (Phi) is 6.02. The van der Waals surface area contributed by atoms with Gasteiger partial charge in [-0.25, -0.2) is 16.8 Å². The van der Waals surface area contributed by atoms with E-state index < -0.39 is 25.4 Å². The zero-order valence-corrected chi connectivity index (χ0v) is 18.6. The third-order valence-corrected chi connectivity index (χ3v) is 11.5. The van der Waals surface area contributed by atoms with Crippen molar-refractivity contribution in [2.75, 3.05) is 0 Å². The average Bonchev–Trinajstić information content (AvgIpc) is 3.24. The van der Waals surface area contributed by atoms with Gasteiger partial charge in [-0.1, -0.05) is 66.7 Å². The molecular formula is C22H22NO4S3+. The molecule has 0 saturated carbocycles. The van der Waals surface area contributed by atoms with E-state index in [1.165, 1.54) is 24.3 Å². The summed E-state index contributed by atoms with van der Waals surface area (Å²) < 4.78 is 54.8. The second kappa shape index (κ2) is 8.55. The molecule has 1 saturated heterocycles. The van der Waals surface area contributed by atoms with E-state index in [4.69, 9.17) is 0 Å². The van der Waals surface area contributed by atoms with Gasteiger partial charge in [0, 0.05) is 30.2 Å². The molecule has 2 unspecified atom stereocenters. The third-order valence-electron chi connectivity index (χ3n) is 5.03. The van der Waals surface area contributed by atoms with Crippen LogP contribution in [0.3, 0.4) is 0 Å². The Labute approximate surface area is 181 Å². The van der Waals surface area contributed by atoms with Gasteiger partial charge in [0.05, 0.1) is 9.79 Å². The van der Waals surface area contributed by atoms with Crippen molar-refractivity contribution in [1.29, 1.82) is 0 Å². The van der Waals surface area contributed by atoms with Crippen molar-refractivity contribution in [2.24, 2.45) is 0 Å². The molecule has 2 atom stereocenters. The lowest BCUT2D eigenvalue weighted by Gasteiger charge is -2.23. The minimum atomic E-state index is -4.26. The Morgan fingerprint density at radius 1 is 0.633 bits per heavy atom. The molecule has 0 amide bonds. The van der Waals surface area contributed by atoms with E-state index in [9.17, 15) is 16.8 Å². The van der Waals surface area contributed by atoms with E-state index in [1.807, 2.05) is 30.3 Å². The Morgan fingerprint density at radius 2 is 1.07 bits per heavy atom. The molecule has 156 valence electrons. The first-order chi connectivity index (χ1) is 14.4. The zero-order chi connectivity index (χ0) is 21.2. The van der Waals surface area contributed by atoms with Gasteiger partial charge in [-0.2, -0.15) is 0 Å². The quantitative estimate of drug-likeness (QED) is 0.415. The van der Waals surface area contributed by atoms with E-state index in [2.05, 4.69) is 0 Å². The highest BCUT2D eigenvalue weighted by Crippen LogP contribution is 2.39. The Balaban J connectivity index is 1.77. The standard InChI is InChI=1S/C22H21NO4S3/c24-29(25,19-12-6-2-7-13-19)23(30(26,27)20-14-8-3-9-15-20)22-17-16-21(28-22)18-10-4-1-5-11-18/h1-15,21-22H,16-17H2/p+1. The number of thiol groups is 1. The van der Waals surface area contributed by atoms with Crippen LogP contribution in [0, 0.1) is 0 Å². The molecular weight excluding hydrogens is 438 g/mol. The fraction of sp³-hybridized carbons (Fsp3) is 0.182. The van der Waals surface area contributed by atoms with Crippen LogP contribution in [0.5, 0.6) is 0 Å². The fourth-order valence-corrected chi connectivity index (χ4v) is 9.95. The summed E-state index contributed by atoms with van der Waals surface area (Å²) in [5.74, 6) is 0. The number of sulfonamides is 2. The van der Waals surface area contributed by atoms with Gasteiger partial charge in [-0.15, -0.1) is 0 Å².